The second-order valence-electron chi connectivity index (χ2n) is 13.0. The average molecular weight is 701 g/mol. The molecule has 2 saturated heterocycles. The monoisotopic (exact) mass is 700 g/mol. The molecule has 0 radical (unpaired) electrons. The third-order valence-electron chi connectivity index (χ3n) is 10.0. The van der Waals surface area contributed by atoms with E-state index in [9.17, 15) is 49.8 Å². The fraction of sp³-hybridized carbons (Fsp3) is 0.529. The average Bonchev–Trinajstić information content (AvgIpc) is 3.57. The molecule has 2 aliphatic carbocycles. The first kappa shape index (κ1) is 35.7. The first-order valence-corrected chi connectivity index (χ1v) is 16.4. The number of ether oxygens (including phenoxy) is 4. The molecule has 16 heteroatoms. The highest BCUT2D eigenvalue weighted by molar-refractivity contribution is 6.31. The van der Waals surface area contributed by atoms with Crippen LogP contribution in [-0.4, -0.2) is 129 Å². The summed E-state index contributed by atoms with van der Waals surface area (Å²) < 4.78 is 23.0. The van der Waals surface area contributed by atoms with Gasteiger partial charge in [-0.05, 0) is 32.4 Å². The van der Waals surface area contributed by atoms with Gasteiger partial charge in [0.15, 0.2) is 17.9 Å². The number of amides is 1. The molecule has 16 nitrogen and oxygen atoms in total. The van der Waals surface area contributed by atoms with Crippen LogP contribution in [0, 0.1) is 0 Å². The molecule has 2 fully saturated rings. The van der Waals surface area contributed by atoms with Crippen LogP contribution < -0.4 is 10.1 Å². The lowest BCUT2D eigenvalue weighted by atomic mass is 9.72. The largest absolute Gasteiger partial charge is 0.507 e. The highest BCUT2D eigenvalue weighted by Gasteiger charge is 2.50. The van der Waals surface area contributed by atoms with Crippen molar-refractivity contribution in [2.75, 3.05) is 33.4 Å². The molecule has 2 aliphatic heterocycles. The fourth-order valence-corrected chi connectivity index (χ4v) is 7.46. The number of carboxylic acid groups (broad SMARTS) is 1. The van der Waals surface area contributed by atoms with Crippen LogP contribution in [0.1, 0.15) is 81.7 Å². The summed E-state index contributed by atoms with van der Waals surface area (Å²) in [4.78, 5) is 53.1. The fourth-order valence-electron chi connectivity index (χ4n) is 7.46. The van der Waals surface area contributed by atoms with Gasteiger partial charge in [-0.3, -0.25) is 19.3 Å². The molecule has 0 aromatic heterocycles. The van der Waals surface area contributed by atoms with Gasteiger partial charge < -0.3 is 54.9 Å². The lowest BCUT2D eigenvalue weighted by Crippen LogP contribution is -2.54. The quantitative estimate of drug-likeness (QED) is 0.114. The lowest BCUT2D eigenvalue weighted by molar-refractivity contribution is -0.249. The van der Waals surface area contributed by atoms with Crippen LogP contribution in [0.4, 0.5) is 4.79 Å². The Kier molecular flexibility index (Phi) is 9.89. The zero-order valence-electron chi connectivity index (χ0n) is 27.5. The number of phenols is 2. The first-order chi connectivity index (χ1) is 23.8. The number of aromatic hydroxyl groups is 2. The molecule has 270 valence electrons. The Morgan fingerprint density at radius 2 is 1.86 bits per heavy atom. The normalized spacial score (nSPS) is 28.9. The van der Waals surface area contributed by atoms with Gasteiger partial charge in [0.25, 0.3) is 0 Å². The molecule has 50 heavy (non-hydrogen) atoms. The van der Waals surface area contributed by atoms with E-state index in [0.717, 1.165) is 0 Å². The third-order valence-corrected chi connectivity index (χ3v) is 10.0. The lowest BCUT2D eigenvalue weighted by Gasteiger charge is -2.43. The van der Waals surface area contributed by atoms with E-state index in [4.69, 9.17) is 18.9 Å². The van der Waals surface area contributed by atoms with E-state index in [0.29, 0.717) is 26.0 Å². The van der Waals surface area contributed by atoms with E-state index in [1.807, 2.05) is 0 Å². The molecule has 0 bridgehead atoms. The minimum absolute atomic E-state index is 0.0462. The summed E-state index contributed by atoms with van der Waals surface area (Å²) in [5.41, 5.74) is -3.81. The molecule has 4 aliphatic rings. The predicted molar refractivity (Wildman–Crippen MR) is 169 cm³/mol. The number of aliphatic hydroxyl groups excluding tert-OH is 2. The molecule has 7 atom stereocenters. The summed E-state index contributed by atoms with van der Waals surface area (Å²) in [7, 11) is 1.32. The summed E-state index contributed by atoms with van der Waals surface area (Å²) in [6.07, 6.45) is -6.01. The van der Waals surface area contributed by atoms with Crippen LogP contribution in [0.15, 0.2) is 18.2 Å². The van der Waals surface area contributed by atoms with E-state index in [-0.39, 0.29) is 41.0 Å². The van der Waals surface area contributed by atoms with Crippen molar-refractivity contribution in [2.24, 2.45) is 0 Å². The minimum Gasteiger partial charge on any atom is -0.507 e. The number of rotatable bonds is 10. The number of Topliss-reactive ketones (excluding diaryl/α,β-unsaturated/α-hetero) is 1. The smallest absolute Gasteiger partial charge is 0.409 e. The molecular formula is C34H40N2O14. The molecule has 2 aromatic rings. The molecule has 7 N–H and O–H groups in total. The summed E-state index contributed by atoms with van der Waals surface area (Å²) in [6.45, 7) is 1.54. The minimum atomic E-state index is -2.29. The van der Waals surface area contributed by atoms with Gasteiger partial charge in [0.1, 0.15) is 35.7 Å². The Labute approximate surface area is 286 Å². The number of methoxy groups -OCH3 is 1. The van der Waals surface area contributed by atoms with Crippen molar-refractivity contribution in [1.82, 2.24) is 10.2 Å². The van der Waals surface area contributed by atoms with Crippen molar-refractivity contribution in [3.63, 3.8) is 0 Å². The maximum atomic E-state index is 13.9. The van der Waals surface area contributed by atoms with E-state index in [1.165, 1.54) is 30.2 Å². The van der Waals surface area contributed by atoms with Gasteiger partial charge in [-0.2, -0.15) is 0 Å². The topological polar surface area (TPSA) is 242 Å². The molecule has 0 saturated carbocycles. The number of phenolic OH excluding ortho intramolecular Hbond substituents is 2. The van der Waals surface area contributed by atoms with Crippen molar-refractivity contribution in [3.8, 4) is 17.2 Å². The standard InChI is InChI=1S/C34H40N2O14/c1-15-28(39)18(35-8-4-7-22-36(33(44)45)9-10-48-22)11-23(49-15)50-20-13-34(46,21(38)14-37)12-17-25(20)32(43)27-26(30(17)41)29(40)16-5-3-6-19(47-2)24(16)31(27)42/h3,5-6,15,18,20,22-23,28,35,37,39,41,43,46H,4,7-14H2,1-2H3,(H,44,45)/t15?,18?,20?,22?,23?,28?,34-/m0/s1. The number of carbonyl (C=O) groups excluding carboxylic acids is 3. The number of nitrogens with one attached hydrogen (secondary N) is 1. The second-order valence-corrected chi connectivity index (χ2v) is 13.0. The van der Waals surface area contributed by atoms with Gasteiger partial charge in [0.05, 0.1) is 55.3 Å². The van der Waals surface area contributed by atoms with Crippen LogP contribution in [0.2, 0.25) is 0 Å². The van der Waals surface area contributed by atoms with Crippen molar-refractivity contribution < 1.29 is 68.8 Å². The third kappa shape index (κ3) is 6.10. The molecule has 6 rings (SSSR count). The maximum absolute atomic E-state index is 13.9. The van der Waals surface area contributed by atoms with Crippen molar-refractivity contribution >= 4 is 23.4 Å². The first-order valence-electron chi connectivity index (χ1n) is 16.4. The Bertz CT molecular complexity index is 1710. The molecular weight excluding hydrogens is 660 g/mol. The van der Waals surface area contributed by atoms with Gasteiger partial charge in [-0.25, -0.2) is 4.79 Å². The van der Waals surface area contributed by atoms with E-state index in [2.05, 4.69) is 5.32 Å². The summed E-state index contributed by atoms with van der Waals surface area (Å²) in [5, 5.41) is 67.9. The Morgan fingerprint density at radius 3 is 2.56 bits per heavy atom. The highest BCUT2D eigenvalue weighted by atomic mass is 16.7. The van der Waals surface area contributed by atoms with Crippen LogP contribution in [0.5, 0.6) is 17.2 Å². The van der Waals surface area contributed by atoms with Crippen LogP contribution in [0.3, 0.4) is 0 Å². The number of carbonyl (C=O) groups is 4. The van der Waals surface area contributed by atoms with E-state index < -0.39 is 108 Å². The molecule has 2 aromatic carbocycles. The Balaban J connectivity index is 1.29. The summed E-state index contributed by atoms with van der Waals surface area (Å²) in [6, 6.07) is 3.76. The second kappa shape index (κ2) is 13.9. The molecule has 6 unspecified atom stereocenters. The number of hydrogen-bond acceptors (Lipinski definition) is 14. The van der Waals surface area contributed by atoms with Gasteiger partial charge in [0.2, 0.25) is 5.78 Å². The summed E-state index contributed by atoms with van der Waals surface area (Å²) >= 11 is 0. The predicted octanol–water partition coefficient (Wildman–Crippen LogP) is 0.749. The zero-order valence-corrected chi connectivity index (χ0v) is 27.5. The molecule has 2 heterocycles. The number of aliphatic hydroxyl groups is 3. The van der Waals surface area contributed by atoms with Gasteiger partial charge in [-0.1, -0.05) is 12.1 Å². The number of fused-ring (bicyclic) bond motifs is 3. The zero-order chi connectivity index (χ0) is 36.1. The SMILES string of the molecule is COc1cccc2c1C(=O)c1c(O)c3c(c(O)c1C2=O)C[C@@](O)(C(=O)CO)CC3OC1CC(NCCCC2OCCN2C(=O)O)C(O)C(C)O1. The number of hydrogen-bond donors (Lipinski definition) is 7. The van der Waals surface area contributed by atoms with Gasteiger partial charge in [-0.15, -0.1) is 0 Å². The van der Waals surface area contributed by atoms with Crippen LogP contribution in [0.25, 0.3) is 0 Å². The number of benzene rings is 2. The summed E-state index contributed by atoms with van der Waals surface area (Å²) in [5.74, 6) is -3.90. The van der Waals surface area contributed by atoms with Gasteiger partial charge in [0, 0.05) is 42.0 Å². The Morgan fingerprint density at radius 1 is 1.12 bits per heavy atom. The number of ketones is 3. The Hall–Kier alpha value is -4.16. The van der Waals surface area contributed by atoms with E-state index in [1.54, 1.807) is 6.92 Å². The van der Waals surface area contributed by atoms with E-state index >= 15 is 0 Å². The van der Waals surface area contributed by atoms with Crippen molar-refractivity contribution in [3.05, 3.63) is 51.6 Å². The molecule has 0 spiro atoms. The number of nitrogens with zero attached hydrogens (tertiary/aromatic N) is 1. The van der Waals surface area contributed by atoms with Crippen LogP contribution in [-0.2, 0) is 25.4 Å². The molecule has 1 amide bonds. The van der Waals surface area contributed by atoms with Crippen LogP contribution >= 0.6 is 0 Å². The van der Waals surface area contributed by atoms with Crippen molar-refractivity contribution in [1.29, 1.82) is 0 Å². The highest BCUT2D eigenvalue weighted by Crippen LogP contribution is 2.52. The van der Waals surface area contributed by atoms with Crippen molar-refractivity contribution in [2.45, 2.75) is 81.5 Å². The van der Waals surface area contributed by atoms with Gasteiger partial charge >= 0.3 is 6.09 Å². The maximum Gasteiger partial charge on any atom is 0.409 e.